The molecule has 0 radical (unpaired) electrons. The standard InChI is InChI=1S/C17H32N2O2/c1-16(2)12-19(13-17(21-16)8-11-20-14-17)10-7-15-6-4-5-9-18(15)3/h15H,4-14H2,1-3H3/t15-,17-/m0/s1. The Hall–Kier alpha value is -0.160. The lowest BCUT2D eigenvalue weighted by Crippen LogP contribution is -2.60. The summed E-state index contributed by atoms with van der Waals surface area (Å²) in [4.78, 5) is 5.18. The highest BCUT2D eigenvalue weighted by molar-refractivity contribution is 4.97. The lowest BCUT2D eigenvalue weighted by Gasteiger charge is -2.48. The number of morpholine rings is 1. The van der Waals surface area contributed by atoms with Gasteiger partial charge in [-0.3, -0.25) is 4.90 Å². The van der Waals surface area contributed by atoms with Gasteiger partial charge in [-0.05, 0) is 53.2 Å². The van der Waals surface area contributed by atoms with Crippen LogP contribution in [-0.2, 0) is 9.47 Å². The van der Waals surface area contributed by atoms with Crippen LogP contribution in [0.1, 0.15) is 46.0 Å². The molecule has 3 fully saturated rings. The van der Waals surface area contributed by atoms with E-state index in [-0.39, 0.29) is 11.2 Å². The molecule has 3 aliphatic heterocycles. The van der Waals surface area contributed by atoms with Crippen LogP contribution in [0.25, 0.3) is 0 Å². The topological polar surface area (TPSA) is 24.9 Å². The van der Waals surface area contributed by atoms with Crippen LogP contribution < -0.4 is 0 Å². The van der Waals surface area contributed by atoms with Crippen molar-refractivity contribution >= 4 is 0 Å². The zero-order valence-electron chi connectivity index (χ0n) is 14.1. The maximum absolute atomic E-state index is 6.39. The quantitative estimate of drug-likeness (QED) is 0.796. The molecular formula is C17H32N2O2. The lowest BCUT2D eigenvalue weighted by atomic mass is 9.94. The molecule has 0 aromatic carbocycles. The molecule has 21 heavy (non-hydrogen) atoms. The highest BCUT2D eigenvalue weighted by Gasteiger charge is 2.46. The van der Waals surface area contributed by atoms with E-state index in [1.807, 2.05) is 0 Å². The molecule has 0 unspecified atom stereocenters. The van der Waals surface area contributed by atoms with E-state index in [1.165, 1.54) is 38.8 Å². The monoisotopic (exact) mass is 296 g/mol. The average molecular weight is 296 g/mol. The minimum Gasteiger partial charge on any atom is -0.378 e. The molecular weight excluding hydrogens is 264 g/mol. The fourth-order valence-corrected chi connectivity index (χ4v) is 4.44. The summed E-state index contributed by atoms with van der Waals surface area (Å²) in [6.45, 7) is 10.7. The Bertz CT molecular complexity index is 353. The van der Waals surface area contributed by atoms with Crippen molar-refractivity contribution in [1.82, 2.24) is 9.80 Å². The van der Waals surface area contributed by atoms with E-state index in [0.717, 1.165) is 38.8 Å². The van der Waals surface area contributed by atoms with Crippen LogP contribution in [0.15, 0.2) is 0 Å². The summed E-state index contributed by atoms with van der Waals surface area (Å²) in [5, 5.41) is 0. The van der Waals surface area contributed by atoms with Gasteiger partial charge >= 0.3 is 0 Å². The van der Waals surface area contributed by atoms with Crippen LogP contribution >= 0.6 is 0 Å². The Morgan fingerprint density at radius 2 is 2.05 bits per heavy atom. The van der Waals surface area contributed by atoms with Crippen molar-refractivity contribution in [2.45, 2.75) is 63.2 Å². The van der Waals surface area contributed by atoms with Gasteiger partial charge in [0, 0.05) is 32.2 Å². The Morgan fingerprint density at radius 1 is 1.19 bits per heavy atom. The van der Waals surface area contributed by atoms with Crippen LogP contribution in [0.3, 0.4) is 0 Å². The van der Waals surface area contributed by atoms with Gasteiger partial charge < -0.3 is 14.4 Å². The first-order valence-corrected chi connectivity index (χ1v) is 8.69. The molecule has 3 heterocycles. The highest BCUT2D eigenvalue weighted by atomic mass is 16.6. The van der Waals surface area contributed by atoms with Crippen molar-refractivity contribution < 1.29 is 9.47 Å². The first-order valence-electron chi connectivity index (χ1n) is 8.69. The van der Waals surface area contributed by atoms with Crippen LogP contribution in [-0.4, -0.2) is 73.5 Å². The predicted octanol–water partition coefficient (Wildman–Crippen LogP) is 2.13. The van der Waals surface area contributed by atoms with Crippen molar-refractivity contribution in [3.63, 3.8) is 0 Å². The average Bonchev–Trinajstić information content (AvgIpc) is 2.83. The number of ether oxygens (including phenoxy) is 2. The lowest BCUT2D eigenvalue weighted by molar-refractivity contribution is -0.195. The molecule has 3 rings (SSSR count). The summed E-state index contributed by atoms with van der Waals surface area (Å²) in [6.07, 6.45) is 6.50. The molecule has 0 N–H and O–H groups in total. The van der Waals surface area contributed by atoms with Crippen molar-refractivity contribution in [3.05, 3.63) is 0 Å². The van der Waals surface area contributed by atoms with E-state index in [1.54, 1.807) is 0 Å². The molecule has 2 atom stereocenters. The predicted molar refractivity (Wildman–Crippen MR) is 84.7 cm³/mol. The third-order valence-corrected chi connectivity index (χ3v) is 5.38. The minimum atomic E-state index is -0.0512. The highest BCUT2D eigenvalue weighted by Crippen LogP contribution is 2.34. The fraction of sp³-hybridized carbons (Fsp3) is 1.00. The van der Waals surface area contributed by atoms with Crippen LogP contribution in [0, 0.1) is 0 Å². The van der Waals surface area contributed by atoms with Crippen molar-refractivity contribution in [3.8, 4) is 0 Å². The molecule has 4 nitrogen and oxygen atoms in total. The first-order chi connectivity index (χ1) is 9.98. The second kappa shape index (κ2) is 6.15. The number of hydrogen-bond acceptors (Lipinski definition) is 4. The third kappa shape index (κ3) is 3.79. The molecule has 0 aliphatic carbocycles. The molecule has 3 aliphatic rings. The van der Waals surface area contributed by atoms with Gasteiger partial charge in [0.15, 0.2) is 0 Å². The summed E-state index contributed by atoms with van der Waals surface area (Å²) >= 11 is 0. The second-order valence-electron chi connectivity index (χ2n) is 7.98. The van der Waals surface area contributed by atoms with Crippen molar-refractivity contribution in [2.75, 3.05) is 46.4 Å². The summed E-state index contributed by atoms with van der Waals surface area (Å²) in [6, 6.07) is 0.778. The van der Waals surface area contributed by atoms with E-state index in [0.29, 0.717) is 0 Å². The molecule has 4 heteroatoms. The Balaban J connectivity index is 1.56. The number of hydrogen-bond donors (Lipinski definition) is 0. The molecule has 0 aromatic rings. The second-order valence-corrected chi connectivity index (χ2v) is 7.98. The number of piperidine rings is 1. The van der Waals surface area contributed by atoms with Gasteiger partial charge in [0.1, 0.15) is 5.60 Å². The van der Waals surface area contributed by atoms with Gasteiger partial charge in [-0.2, -0.15) is 0 Å². The van der Waals surface area contributed by atoms with Gasteiger partial charge in [0.05, 0.1) is 12.2 Å². The number of nitrogens with zero attached hydrogens (tertiary/aromatic N) is 2. The van der Waals surface area contributed by atoms with E-state index in [9.17, 15) is 0 Å². The van der Waals surface area contributed by atoms with Gasteiger partial charge in [-0.15, -0.1) is 0 Å². The molecule has 0 amide bonds. The van der Waals surface area contributed by atoms with E-state index < -0.39 is 0 Å². The van der Waals surface area contributed by atoms with Crippen LogP contribution in [0.5, 0.6) is 0 Å². The van der Waals surface area contributed by atoms with Crippen molar-refractivity contribution in [1.29, 1.82) is 0 Å². The fourth-order valence-electron chi connectivity index (χ4n) is 4.44. The summed E-state index contributed by atoms with van der Waals surface area (Å²) in [5.74, 6) is 0. The normalized spacial score (nSPS) is 38.1. The molecule has 1 spiro atoms. The van der Waals surface area contributed by atoms with Gasteiger partial charge in [-0.25, -0.2) is 0 Å². The zero-order chi connectivity index (χ0) is 14.9. The van der Waals surface area contributed by atoms with Gasteiger partial charge in [0.25, 0.3) is 0 Å². The summed E-state index contributed by atoms with van der Waals surface area (Å²) < 4.78 is 12.0. The maximum Gasteiger partial charge on any atom is 0.107 e. The van der Waals surface area contributed by atoms with E-state index >= 15 is 0 Å². The summed E-state index contributed by atoms with van der Waals surface area (Å²) in [5.41, 5.74) is -0.0926. The molecule has 122 valence electrons. The maximum atomic E-state index is 6.39. The van der Waals surface area contributed by atoms with E-state index in [4.69, 9.17) is 9.47 Å². The zero-order valence-corrected chi connectivity index (χ0v) is 14.1. The van der Waals surface area contributed by atoms with Crippen LogP contribution in [0.2, 0.25) is 0 Å². The largest absolute Gasteiger partial charge is 0.378 e. The SMILES string of the molecule is CN1CCCC[C@H]1CCN1CC(C)(C)O[C@@]2(CCOC2)C1. The smallest absolute Gasteiger partial charge is 0.107 e. The van der Waals surface area contributed by atoms with Gasteiger partial charge in [-0.1, -0.05) is 6.42 Å². The van der Waals surface area contributed by atoms with Gasteiger partial charge in [0.2, 0.25) is 0 Å². The third-order valence-electron chi connectivity index (χ3n) is 5.38. The minimum absolute atomic E-state index is 0.0415. The van der Waals surface area contributed by atoms with Crippen LogP contribution in [0.4, 0.5) is 0 Å². The van der Waals surface area contributed by atoms with E-state index in [2.05, 4.69) is 30.7 Å². The Labute approximate surface area is 129 Å². The Morgan fingerprint density at radius 3 is 2.76 bits per heavy atom. The number of likely N-dealkylation sites (tertiary alicyclic amines) is 1. The molecule has 0 saturated carbocycles. The molecule has 0 bridgehead atoms. The Kier molecular flexibility index (Phi) is 4.60. The number of rotatable bonds is 3. The molecule has 3 saturated heterocycles. The molecule has 0 aromatic heterocycles. The van der Waals surface area contributed by atoms with Crippen molar-refractivity contribution in [2.24, 2.45) is 0 Å². The summed E-state index contributed by atoms with van der Waals surface area (Å²) in [7, 11) is 2.29. The first kappa shape index (κ1) is 15.7.